The molecule has 0 aliphatic carbocycles. The highest BCUT2D eigenvalue weighted by Crippen LogP contribution is 2.28. The maximum atomic E-state index is 12.3. The average Bonchev–Trinajstić information content (AvgIpc) is 2.93. The van der Waals surface area contributed by atoms with Gasteiger partial charge in [0.15, 0.2) is 11.5 Å². The number of ether oxygens (including phenoxy) is 2. The van der Waals surface area contributed by atoms with E-state index in [9.17, 15) is 9.59 Å². The summed E-state index contributed by atoms with van der Waals surface area (Å²) in [6, 6.07) is 6.45. The summed E-state index contributed by atoms with van der Waals surface area (Å²) in [5, 5.41) is 0. The lowest BCUT2D eigenvalue weighted by Crippen LogP contribution is -2.41. The monoisotopic (exact) mass is 346 g/mol. The molecule has 0 aliphatic rings. The Kier molecular flexibility index (Phi) is 6.05. The zero-order chi connectivity index (χ0) is 18.4. The lowest BCUT2D eigenvalue weighted by Gasteiger charge is -2.12. The zero-order valence-corrected chi connectivity index (χ0v) is 14.8. The highest BCUT2D eigenvalue weighted by atomic mass is 16.5. The van der Waals surface area contributed by atoms with E-state index in [-0.39, 0.29) is 0 Å². The maximum absolute atomic E-state index is 12.3. The van der Waals surface area contributed by atoms with Gasteiger partial charge in [-0.2, -0.15) is 0 Å². The molecule has 1 aromatic heterocycles. The van der Waals surface area contributed by atoms with E-state index in [1.165, 1.54) is 0 Å². The standard InChI is InChI=1S/C18H22N2O5/c1-5-23-15-8-7-13(10-16(15)24-6-2)17(21)19-20-18(22)14-9-11(3)25-12(14)4/h7-10H,5-6H2,1-4H3,(H,19,21)(H,20,22). The minimum absolute atomic E-state index is 0.340. The van der Waals surface area contributed by atoms with Crippen LogP contribution in [0.25, 0.3) is 0 Å². The quantitative estimate of drug-likeness (QED) is 0.785. The first kappa shape index (κ1) is 18.4. The average molecular weight is 346 g/mol. The molecule has 134 valence electrons. The number of furan rings is 1. The smallest absolute Gasteiger partial charge is 0.273 e. The Labute approximate surface area is 146 Å². The second kappa shape index (κ2) is 8.23. The molecule has 7 nitrogen and oxygen atoms in total. The summed E-state index contributed by atoms with van der Waals surface area (Å²) in [5.74, 6) is 1.25. The fraction of sp³-hybridized carbons (Fsp3) is 0.333. The van der Waals surface area contributed by atoms with Gasteiger partial charge in [0.2, 0.25) is 0 Å². The van der Waals surface area contributed by atoms with Gasteiger partial charge in [-0.05, 0) is 52.0 Å². The van der Waals surface area contributed by atoms with Crippen LogP contribution in [0.15, 0.2) is 28.7 Å². The molecular formula is C18H22N2O5. The molecule has 0 saturated heterocycles. The number of hydrogen-bond donors (Lipinski definition) is 2. The number of rotatable bonds is 6. The van der Waals surface area contributed by atoms with Crippen molar-refractivity contribution in [3.8, 4) is 11.5 Å². The molecule has 2 aromatic rings. The number of nitrogens with one attached hydrogen (secondary N) is 2. The SMILES string of the molecule is CCOc1ccc(C(=O)NNC(=O)c2cc(C)oc2C)cc1OCC. The third-order valence-corrected chi connectivity index (χ3v) is 3.38. The normalized spacial score (nSPS) is 10.2. The summed E-state index contributed by atoms with van der Waals surface area (Å²) < 4.78 is 16.2. The number of amides is 2. The van der Waals surface area contributed by atoms with Gasteiger partial charge in [0.1, 0.15) is 11.5 Å². The van der Waals surface area contributed by atoms with Gasteiger partial charge in [0.05, 0.1) is 18.8 Å². The zero-order valence-electron chi connectivity index (χ0n) is 14.8. The van der Waals surface area contributed by atoms with Crippen molar-refractivity contribution in [2.75, 3.05) is 13.2 Å². The molecule has 25 heavy (non-hydrogen) atoms. The van der Waals surface area contributed by atoms with Crippen LogP contribution >= 0.6 is 0 Å². The van der Waals surface area contributed by atoms with Gasteiger partial charge in [-0.1, -0.05) is 0 Å². The lowest BCUT2D eigenvalue weighted by molar-refractivity contribution is 0.0845. The predicted molar refractivity (Wildman–Crippen MR) is 91.9 cm³/mol. The Morgan fingerprint density at radius 1 is 0.960 bits per heavy atom. The summed E-state index contributed by atoms with van der Waals surface area (Å²) in [6.45, 7) is 8.08. The molecule has 2 amide bonds. The number of hydrazine groups is 1. The number of benzene rings is 1. The first-order valence-electron chi connectivity index (χ1n) is 8.03. The van der Waals surface area contributed by atoms with Crippen molar-refractivity contribution in [2.45, 2.75) is 27.7 Å². The molecule has 2 N–H and O–H groups in total. The van der Waals surface area contributed by atoms with Gasteiger partial charge in [0.25, 0.3) is 11.8 Å². The van der Waals surface area contributed by atoms with Crippen LogP contribution in [0.4, 0.5) is 0 Å². The highest BCUT2D eigenvalue weighted by molar-refractivity contribution is 5.99. The van der Waals surface area contributed by atoms with E-state index in [2.05, 4.69) is 10.9 Å². The van der Waals surface area contributed by atoms with Crippen molar-refractivity contribution in [3.63, 3.8) is 0 Å². The third kappa shape index (κ3) is 4.53. The summed E-state index contributed by atoms with van der Waals surface area (Å²) in [6.07, 6.45) is 0. The van der Waals surface area contributed by atoms with Crippen LogP contribution in [0.5, 0.6) is 11.5 Å². The second-order valence-electron chi connectivity index (χ2n) is 5.26. The second-order valence-corrected chi connectivity index (χ2v) is 5.26. The number of aryl methyl sites for hydroxylation is 2. The molecule has 0 aliphatic heterocycles. The molecule has 0 atom stereocenters. The molecule has 0 bridgehead atoms. The Balaban J connectivity index is 2.06. The van der Waals surface area contributed by atoms with Crippen LogP contribution in [0.1, 0.15) is 46.1 Å². The number of carbonyl (C=O) groups is 2. The van der Waals surface area contributed by atoms with Gasteiger partial charge in [-0.25, -0.2) is 0 Å². The molecule has 0 fully saturated rings. The van der Waals surface area contributed by atoms with E-state index < -0.39 is 11.8 Å². The fourth-order valence-electron chi connectivity index (χ4n) is 2.30. The first-order valence-corrected chi connectivity index (χ1v) is 8.03. The van der Waals surface area contributed by atoms with Crippen molar-refractivity contribution in [1.29, 1.82) is 0 Å². The molecule has 1 aromatic carbocycles. The van der Waals surface area contributed by atoms with Crippen molar-refractivity contribution < 1.29 is 23.5 Å². The highest BCUT2D eigenvalue weighted by Gasteiger charge is 2.16. The Morgan fingerprint density at radius 3 is 2.20 bits per heavy atom. The van der Waals surface area contributed by atoms with Crippen molar-refractivity contribution in [1.82, 2.24) is 10.9 Å². The van der Waals surface area contributed by atoms with Crippen LogP contribution in [-0.2, 0) is 0 Å². The molecule has 7 heteroatoms. The van der Waals surface area contributed by atoms with Gasteiger partial charge >= 0.3 is 0 Å². The fourth-order valence-corrected chi connectivity index (χ4v) is 2.30. The molecule has 2 rings (SSSR count). The van der Waals surface area contributed by atoms with Gasteiger partial charge < -0.3 is 13.9 Å². The number of carbonyl (C=O) groups excluding carboxylic acids is 2. The van der Waals surface area contributed by atoms with Crippen LogP contribution in [0.3, 0.4) is 0 Å². The van der Waals surface area contributed by atoms with Gasteiger partial charge in [-0.15, -0.1) is 0 Å². The maximum Gasteiger partial charge on any atom is 0.273 e. The third-order valence-electron chi connectivity index (χ3n) is 3.38. The van der Waals surface area contributed by atoms with Gasteiger partial charge in [0, 0.05) is 5.56 Å². The topological polar surface area (TPSA) is 89.8 Å². The minimum Gasteiger partial charge on any atom is -0.490 e. The van der Waals surface area contributed by atoms with Crippen LogP contribution in [-0.4, -0.2) is 25.0 Å². The van der Waals surface area contributed by atoms with Crippen LogP contribution in [0, 0.1) is 13.8 Å². The van der Waals surface area contributed by atoms with E-state index in [0.717, 1.165) is 0 Å². The molecular weight excluding hydrogens is 324 g/mol. The molecule has 1 heterocycles. The van der Waals surface area contributed by atoms with Crippen LogP contribution in [0.2, 0.25) is 0 Å². The van der Waals surface area contributed by atoms with Crippen molar-refractivity contribution in [3.05, 3.63) is 46.9 Å². The van der Waals surface area contributed by atoms with Gasteiger partial charge in [-0.3, -0.25) is 20.4 Å². The van der Waals surface area contributed by atoms with E-state index in [4.69, 9.17) is 13.9 Å². The summed E-state index contributed by atoms with van der Waals surface area (Å²) in [4.78, 5) is 24.3. The molecule has 0 radical (unpaired) electrons. The number of hydrogen-bond acceptors (Lipinski definition) is 5. The summed E-state index contributed by atoms with van der Waals surface area (Å²) in [5.41, 5.74) is 5.46. The lowest BCUT2D eigenvalue weighted by atomic mass is 10.2. The Bertz CT molecular complexity index is 767. The van der Waals surface area contributed by atoms with Crippen molar-refractivity contribution in [2.24, 2.45) is 0 Å². The largest absolute Gasteiger partial charge is 0.490 e. The predicted octanol–water partition coefficient (Wildman–Crippen LogP) is 2.77. The molecule has 0 unspecified atom stereocenters. The summed E-state index contributed by atoms with van der Waals surface area (Å²) >= 11 is 0. The first-order chi connectivity index (χ1) is 12.0. The Hall–Kier alpha value is -2.96. The molecule has 0 saturated carbocycles. The van der Waals surface area contributed by atoms with E-state index in [1.54, 1.807) is 38.1 Å². The van der Waals surface area contributed by atoms with E-state index >= 15 is 0 Å². The minimum atomic E-state index is -0.463. The molecule has 0 spiro atoms. The van der Waals surface area contributed by atoms with E-state index in [1.807, 2.05) is 13.8 Å². The van der Waals surface area contributed by atoms with Crippen LogP contribution < -0.4 is 20.3 Å². The van der Waals surface area contributed by atoms with Crippen molar-refractivity contribution >= 4 is 11.8 Å². The summed E-state index contributed by atoms with van der Waals surface area (Å²) in [7, 11) is 0. The van der Waals surface area contributed by atoms with E-state index in [0.29, 0.717) is 47.4 Å². The Morgan fingerprint density at radius 2 is 1.60 bits per heavy atom.